The molecule has 0 saturated carbocycles. The second-order valence-electron chi connectivity index (χ2n) is 14.2. The van der Waals surface area contributed by atoms with Crippen molar-refractivity contribution in [1.82, 2.24) is 0 Å². The van der Waals surface area contributed by atoms with Crippen molar-refractivity contribution in [3.63, 3.8) is 0 Å². The van der Waals surface area contributed by atoms with Gasteiger partial charge in [-0.05, 0) is 102 Å². The Morgan fingerprint density at radius 1 is 0.537 bits per heavy atom. The first-order valence-electron chi connectivity index (χ1n) is 21.0. The van der Waals surface area contributed by atoms with Crippen LogP contribution in [0.1, 0.15) is 180 Å². The van der Waals surface area contributed by atoms with Gasteiger partial charge in [0.2, 0.25) is 6.10 Å². The summed E-state index contributed by atoms with van der Waals surface area (Å²) in [4.78, 5) is 49.8. The molecule has 0 aliphatic heterocycles. The number of ketones is 2. The summed E-state index contributed by atoms with van der Waals surface area (Å²) in [5.41, 5.74) is 0.652. The third-order valence-electron chi connectivity index (χ3n) is 9.11. The van der Waals surface area contributed by atoms with E-state index in [1.54, 1.807) is 24.3 Å². The number of carbonyl (C=O) groups excluding carboxylic acids is 4. The van der Waals surface area contributed by atoms with Gasteiger partial charge in [-0.1, -0.05) is 139 Å². The van der Waals surface area contributed by atoms with Crippen molar-refractivity contribution in [2.24, 2.45) is 0 Å². The quantitative estimate of drug-likeness (QED) is 0.0227. The van der Waals surface area contributed by atoms with Crippen LogP contribution in [0.2, 0.25) is 0 Å². The molecule has 0 aliphatic rings. The number of ether oxygens (including phenoxy) is 2. The van der Waals surface area contributed by atoms with Crippen LogP contribution in [0.4, 0.5) is 0 Å². The molecule has 0 heterocycles. The van der Waals surface area contributed by atoms with E-state index in [9.17, 15) is 19.2 Å². The van der Waals surface area contributed by atoms with Gasteiger partial charge in [0, 0.05) is 36.0 Å². The molecule has 0 N–H and O–H groups in total. The molecular formula is C47H72CoO6. The average Bonchev–Trinajstić information content (AvgIpc) is 3.14. The summed E-state index contributed by atoms with van der Waals surface area (Å²) in [5, 5.41) is 0. The van der Waals surface area contributed by atoms with Crippen LogP contribution in [0.5, 0.6) is 5.75 Å². The summed E-state index contributed by atoms with van der Waals surface area (Å²) in [6, 6.07) is 6.69. The molecule has 0 fully saturated rings. The van der Waals surface area contributed by atoms with E-state index in [4.69, 9.17) is 9.47 Å². The molecule has 0 aromatic heterocycles. The number of rotatable bonds is 34. The maximum atomic E-state index is 12.9. The standard InChI is InChI=1S/C47H72O6.Co/c1-4-6-8-10-12-14-16-18-20-22-24-26-28-30-32-34-45(50)52-43-38-36-42(37-39-43)40-44(49)47(41(3)48)53-46(51)35-33-31-29-27-25-23-21-19-17-15-13-11-9-7-5-2;/h12-15,18-21,36-39,47H,4-11,16-17,22-35,40H2,1-3H3;/b14-12-,15-13-,20-18-,21-19-;. The Kier molecular flexibility index (Phi) is 34.8. The van der Waals surface area contributed by atoms with Crippen molar-refractivity contribution >= 4 is 23.5 Å². The Morgan fingerprint density at radius 2 is 0.944 bits per heavy atom. The van der Waals surface area contributed by atoms with Crippen molar-refractivity contribution in [3.05, 3.63) is 78.4 Å². The van der Waals surface area contributed by atoms with Crippen LogP contribution >= 0.6 is 0 Å². The van der Waals surface area contributed by atoms with Gasteiger partial charge in [-0.2, -0.15) is 0 Å². The Hall–Kier alpha value is -3.03. The van der Waals surface area contributed by atoms with Crippen molar-refractivity contribution in [2.75, 3.05) is 0 Å². The molecule has 1 aromatic carbocycles. The summed E-state index contributed by atoms with van der Waals surface area (Å²) < 4.78 is 10.8. The van der Waals surface area contributed by atoms with E-state index in [1.807, 2.05) is 0 Å². The van der Waals surface area contributed by atoms with Crippen LogP contribution in [0, 0.1) is 0 Å². The molecule has 1 atom stereocenters. The molecular weight excluding hydrogens is 719 g/mol. The number of hydrogen-bond acceptors (Lipinski definition) is 6. The topological polar surface area (TPSA) is 86.7 Å². The molecule has 1 aromatic rings. The molecule has 0 bridgehead atoms. The Morgan fingerprint density at radius 3 is 1.39 bits per heavy atom. The fourth-order valence-corrected chi connectivity index (χ4v) is 5.88. The molecule has 1 radical (unpaired) electrons. The van der Waals surface area contributed by atoms with Gasteiger partial charge < -0.3 is 9.47 Å². The number of hydrogen-bond donors (Lipinski definition) is 0. The van der Waals surface area contributed by atoms with Gasteiger partial charge in [0.15, 0.2) is 11.6 Å². The predicted molar refractivity (Wildman–Crippen MR) is 220 cm³/mol. The zero-order chi connectivity index (χ0) is 38.6. The van der Waals surface area contributed by atoms with Crippen molar-refractivity contribution < 1.29 is 45.4 Å². The SMILES string of the molecule is CCCCC/C=C\C/C=C\CCCCCCCC(=O)Oc1ccc(CC(=O)C(OC(=O)CCCCCCC/C=C\C/C=C\CCCCC)C(C)=O)cc1.[Co]. The van der Waals surface area contributed by atoms with E-state index in [2.05, 4.69) is 62.5 Å². The minimum atomic E-state index is -1.40. The zero-order valence-corrected chi connectivity index (χ0v) is 35.0. The molecule has 1 rings (SSSR count). The minimum Gasteiger partial charge on any atom is -0.446 e. The number of carbonyl (C=O) groups is 4. The summed E-state index contributed by atoms with van der Waals surface area (Å²) in [7, 11) is 0. The maximum Gasteiger partial charge on any atom is 0.311 e. The van der Waals surface area contributed by atoms with E-state index in [0.29, 0.717) is 24.2 Å². The number of Topliss-reactive ketones (excluding diaryl/α,β-unsaturated/α-hetero) is 2. The normalized spacial score (nSPS) is 12.1. The molecule has 305 valence electrons. The second-order valence-corrected chi connectivity index (χ2v) is 14.2. The predicted octanol–water partition coefficient (Wildman–Crippen LogP) is 12.8. The monoisotopic (exact) mass is 791 g/mol. The second kappa shape index (κ2) is 36.9. The summed E-state index contributed by atoms with van der Waals surface area (Å²) in [5.74, 6) is -1.32. The fourth-order valence-electron chi connectivity index (χ4n) is 5.88. The number of esters is 2. The van der Waals surface area contributed by atoms with E-state index < -0.39 is 23.6 Å². The maximum absolute atomic E-state index is 12.9. The van der Waals surface area contributed by atoms with Gasteiger partial charge in [-0.3, -0.25) is 19.2 Å². The molecule has 7 heteroatoms. The Bertz CT molecular complexity index is 1230. The molecule has 54 heavy (non-hydrogen) atoms. The molecule has 0 saturated heterocycles. The third-order valence-corrected chi connectivity index (χ3v) is 9.11. The van der Waals surface area contributed by atoms with Gasteiger partial charge in [-0.15, -0.1) is 0 Å². The van der Waals surface area contributed by atoms with Gasteiger partial charge in [0.05, 0.1) is 0 Å². The first-order valence-corrected chi connectivity index (χ1v) is 21.0. The van der Waals surface area contributed by atoms with Crippen molar-refractivity contribution in [3.8, 4) is 5.75 Å². The van der Waals surface area contributed by atoms with E-state index >= 15 is 0 Å². The Balaban J connectivity index is 0.0000281. The van der Waals surface area contributed by atoms with Crippen molar-refractivity contribution in [2.45, 2.75) is 187 Å². The van der Waals surface area contributed by atoms with Crippen LogP contribution in [0.25, 0.3) is 0 Å². The molecule has 0 spiro atoms. The van der Waals surface area contributed by atoms with Crippen LogP contribution in [0.3, 0.4) is 0 Å². The van der Waals surface area contributed by atoms with Gasteiger partial charge in [-0.25, -0.2) is 0 Å². The van der Waals surface area contributed by atoms with Crippen LogP contribution in [-0.2, 0) is 47.1 Å². The average molecular weight is 792 g/mol. The first-order chi connectivity index (χ1) is 25.9. The Labute approximate surface area is 339 Å². The van der Waals surface area contributed by atoms with E-state index in [0.717, 1.165) is 77.0 Å². The molecule has 0 amide bonds. The van der Waals surface area contributed by atoms with Gasteiger partial charge >= 0.3 is 11.9 Å². The van der Waals surface area contributed by atoms with Crippen molar-refractivity contribution in [1.29, 1.82) is 0 Å². The van der Waals surface area contributed by atoms with Crippen LogP contribution in [0.15, 0.2) is 72.9 Å². The molecule has 0 aliphatic carbocycles. The largest absolute Gasteiger partial charge is 0.446 e. The van der Waals surface area contributed by atoms with Crippen LogP contribution < -0.4 is 4.74 Å². The van der Waals surface area contributed by atoms with Gasteiger partial charge in [0.1, 0.15) is 5.75 Å². The first kappa shape index (κ1) is 51.0. The van der Waals surface area contributed by atoms with E-state index in [1.165, 1.54) is 64.7 Å². The molecule has 1 unspecified atom stereocenters. The summed E-state index contributed by atoms with van der Waals surface area (Å²) in [6.45, 7) is 5.72. The fraction of sp³-hybridized carbons (Fsp3) is 0.617. The minimum absolute atomic E-state index is 0. The molecule has 6 nitrogen and oxygen atoms in total. The summed E-state index contributed by atoms with van der Waals surface area (Å²) >= 11 is 0. The third kappa shape index (κ3) is 30.3. The number of unbranched alkanes of at least 4 members (excludes halogenated alkanes) is 16. The van der Waals surface area contributed by atoms with Crippen LogP contribution in [-0.4, -0.2) is 29.6 Å². The summed E-state index contributed by atoms with van der Waals surface area (Å²) in [6.07, 6.45) is 41.5. The number of benzene rings is 1. The number of allylic oxidation sites excluding steroid dienone is 8. The zero-order valence-electron chi connectivity index (χ0n) is 34.0. The van der Waals surface area contributed by atoms with Gasteiger partial charge in [0.25, 0.3) is 0 Å². The smallest absolute Gasteiger partial charge is 0.311 e. The van der Waals surface area contributed by atoms with E-state index in [-0.39, 0.29) is 35.6 Å².